The molecular weight excluding hydrogens is 596 g/mol. The number of carbonyl (C=O) groups excluding carboxylic acids is 5. The summed E-state index contributed by atoms with van der Waals surface area (Å²) < 4.78 is 0. The SMILES string of the molecule is CC(C)(C)[C@H](NC(=O)NC1(Cc2ccccn2)CCCCC1)C(=O)N1C[C@H]2[C@@H]([C@H]1C(=O)NC(CC1CC1)C(=O)C(N)=O)C21CCCC1. The Balaban J connectivity index is 1.21. The molecule has 1 unspecified atom stereocenters. The van der Waals surface area contributed by atoms with Crippen molar-refractivity contribution in [3.63, 3.8) is 0 Å². The van der Waals surface area contributed by atoms with Crippen LogP contribution in [-0.4, -0.2) is 69.6 Å². The highest BCUT2D eigenvalue weighted by Gasteiger charge is 2.74. The summed E-state index contributed by atoms with van der Waals surface area (Å²) >= 11 is 0. The summed E-state index contributed by atoms with van der Waals surface area (Å²) in [5.41, 5.74) is 5.22. The number of pyridine rings is 1. The van der Waals surface area contributed by atoms with Gasteiger partial charge >= 0.3 is 6.03 Å². The van der Waals surface area contributed by atoms with Gasteiger partial charge in [-0.1, -0.05) is 71.8 Å². The molecule has 1 aliphatic heterocycles. The van der Waals surface area contributed by atoms with E-state index in [4.69, 9.17) is 5.73 Å². The third-order valence-electron chi connectivity index (χ3n) is 11.8. The zero-order chi connectivity index (χ0) is 33.6. The largest absolute Gasteiger partial charge is 0.363 e. The van der Waals surface area contributed by atoms with E-state index in [-0.39, 0.29) is 29.1 Å². The molecule has 1 aromatic heterocycles. The molecule has 256 valence electrons. The highest BCUT2D eigenvalue weighted by Crippen LogP contribution is 2.72. The number of carbonyl (C=O) groups is 5. The van der Waals surface area contributed by atoms with E-state index < -0.39 is 52.7 Å². The van der Waals surface area contributed by atoms with E-state index in [1.165, 1.54) is 0 Å². The zero-order valence-electron chi connectivity index (χ0n) is 28.2. The Hall–Kier alpha value is -3.50. The van der Waals surface area contributed by atoms with Crippen molar-refractivity contribution in [1.29, 1.82) is 0 Å². The van der Waals surface area contributed by atoms with Crippen molar-refractivity contribution in [2.24, 2.45) is 34.3 Å². The zero-order valence-corrected chi connectivity index (χ0v) is 28.2. The molecule has 4 aliphatic carbocycles. The van der Waals surface area contributed by atoms with Crippen LogP contribution in [-0.2, 0) is 25.6 Å². The predicted octanol–water partition coefficient (Wildman–Crippen LogP) is 3.40. The number of hydrogen-bond acceptors (Lipinski definition) is 6. The molecule has 11 nitrogen and oxygen atoms in total. The Morgan fingerprint density at radius 1 is 0.979 bits per heavy atom. The molecule has 5 atom stereocenters. The molecule has 5 fully saturated rings. The number of piperidine rings is 1. The molecule has 11 heteroatoms. The normalized spacial score (nSPS) is 27.0. The first-order valence-corrected chi connectivity index (χ1v) is 17.8. The Bertz CT molecular complexity index is 1380. The van der Waals surface area contributed by atoms with E-state index >= 15 is 0 Å². The van der Waals surface area contributed by atoms with Crippen LogP contribution in [0.25, 0.3) is 0 Å². The number of amides is 5. The number of primary amides is 1. The molecule has 5 aliphatic rings. The van der Waals surface area contributed by atoms with Gasteiger partial charge in [-0.05, 0) is 72.8 Å². The smallest absolute Gasteiger partial charge is 0.315 e. The first-order valence-electron chi connectivity index (χ1n) is 17.8. The minimum absolute atomic E-state index is 0.00229. The van der Waals surface area contributed by atoms with Crippen LogP contribution in [0.3, 0.4) is 0 Å². The molecule has 2 heterocycles. The number of urea groups is 1. The molecule has 47 heavy (non-hydrogen) atoms. The molecule has 5 N–H and O–H groups in total. The summed E-state index contributed by atoms with van der Waals surface area (Å²) in [5, 5.41) is 9.18. The summed E-state index contributed by atoms with van der Waals surface area (Å²) in [5.74, 6) is -2.07. The summed E-state index contributed by atoms with van der Waals surface area (Å²) in [4.78, 5) is 73.3. The average Bonchev–Trinajstić information content (AvgIpc) is 3.80. The van der Waals surface area contributed by atoms with Gasteiger partial charge in [0, 0.05) is 30.4 Å². The lowest BCUT2D eigenvalue weighted by Gasteiger charge is -2.41. The van der Waals surface area contributed by atoms with Gasteiger partial charge in [0.2, 0.25) is 17.6 Å². The van der Waals surface area contributed by atoms with Crippen molar-refractivity contribution >= 4 is 29.5 Å². The van der Waals surface area contributed by atoms with Gasteiger partial charge in [-0.2, -0.15) is 0 Å². The van der Waals surface area contributed by atoms with Crippen LogP contribution >= 0.6 is 0 Å². The topological polar surface area (TPSA) is 164 Å². The fourth-order valence-electron chi connectivity index (χ4n) is 9.22. The lowest BCUT2D eigenvalue weighted by Crippen LogP contribution is -2.63. The molecule has 0 bridgehead atoms. The first-order chi connectivity index (χ1) is 22.3. The molecule has 6 rings (SSSR count). The lowest BCUT2D eigenvalue weighted by atomic mass is 9.78. The maximum atomic E-state index is 14.5. The minimum atomic E-state index is -1.06. The van der Waals surface area contributed by atoms with Crippen LogP contribution in [0, 0.1) is 28.6 Å². The Kier molecular flexibility index (Phi) is 9.13. The van der Waals surface area contributed by atoms with Crippen LogP contribution < -0.4 is 21.7 Å². The van der Waals surface area contributed by atoms with E-state index in [0.29, 0.717) is 19.4 Å². The highest BCUT2D eigenvalue weighted by atomic mass is 16.2. The van der Waals surface area contributed by atoms with Crippen molar-refractivity contribution in [3.05, 3.63) is 30.1 Å². The lowest BCUT2D eigenvalue weighted by molar-refractivity contribution is -0.145. The second-order valence-corrected chi connectivity index (χ2v) is 16.2. The van der Waals surface area contributed by atoms with E-state index in [1.807, 2.05) is 39.0 Å². The van der Waals surface area contributed by atoms with Gasteiger partial charge < -0.3 is 26.6 Å². The number of hydrogen-bond donors (Lipinski definition) is 4. The van der Waals surface area contributed by atoms with Gasteiger partial charge in [-0.3, -0.25) is 24.2 Å². The van der Waals surface area contributed by atoms with Crippen LogP contribution in [0.2, 0.25) is 0 Å². The van der Waals surface area contributed by atoms with Crippen LogP contribution in [0.5, 0.6) is 0 Å². The molecule has 0 radical (unpaired) electrons. The number of Topliss-reactive ketones (excluding diaryl/α,β-unsaturated/α-hetero) is 1. The summed E-state index contributed by atoms with van der Waals surface area (Å²) in [6.45, 7) is 6.20. The number of fused-ring (bicyclic) bond motifs is 3. The molecule has 5 amide bonds. The Morgan fingerprint density at radius 3 is 2.26 bits per heavy atom. The van der Waals surface area contributed by atoms with Crippen molar-refractivity contribution in [2.75, 3.05) is 6.54 Å². The summed E-state index contributed by atoms with van der Waals surface area (Å²) in [7, 11) is 0. The number of likely N-dealkylation sites (tertiary alicyclic amines) is 1. The van der Waals surface area contributed by atoms with Crippen LogP contribution in [0.15, 0.2) is 24.4 Å². The van der Waals surface area contributed by atoms with E-state index in [1.54, 1.807) is 11.1 Å². The molecule has 1 saturated heterocycles. The molecular formula is C36H52N6O5. The van der Waals surface area contributed by atoms with Gasteiger partial charge in [-0.15, -0.1) is 0 Å². The number of ketones is 1. The van der Waals surface area contributed by atoms with Gasteiger partial charge in [0.15, 0.2) is 0 Å². The van der Waals surface area contributed by atoms with Crippen molar-refractivity contribution in [3.8, 4) is 0 Å². The van der Waals surface area contributed by atoms with E-state index in [2.05, 4.69) is 20.9 Å². The second kappa shape index (κ2) is 12.8. The average molecular weight is 649 g/mol. The van der Waals surface area contributed by atoms with Gasteiger partial charge in [0.05, 0.1) is 6.04 Å². The maximum absolute atomic E-state index is 14.5. The monoisotopic (exact) mass is 648 g/mol. The van der Waals surface area contributed by atoms with Crippen LogP contribution in [0.4, 0.5) is 4.79 Å². The predicted molar refractivity (Wildman–Crippen MR) is 176 cm³/mol. The quantitative estimate of drug-likeness (QED) is 0.269. The Morgan fingerprint density at radius 2 is 1.66 bits per heavy atom. The van der Waals surface area contributed by atoms with Crippen LogP contribution in [0.1, 0.15) is 104 Å². The fraction of sp³-hybridized carbons (Fsp3) is 0.722. The number of rotatable bonds is 11. The van der Waals surface area contributed by atoms with E-state index in [0.717, 1.165) is 76.3 Å². The standard InChI is InChI=1S/C36H52N6O5/c1-34(2,3)29(40-33(47)41-35(14-6-4-7-15-35)20-23-11-5-10-18-38-23)32(46)42-21-24-26(36(24)16-8-9-17-36)27(42)31(45)39-25(19-22-12-13-22)28(43)30(37)44/h5,10-11,18,22,24-27,29H,4,6-9,12-17,19-21H2,1-3H3,(H2,37,44)(H,39,45)(H2,40,41,47)/t24-,25?,26-,27-,29+/m0/s1. The van der Waals surface area contributed by atoms with Gasteiger partial charge in [0.25, 0.3) is 5.91 Å². The second-order valence-electron chi connectivity index (χ2n) is 16.2. The Labute approximate surface area is 277 Å². The highest BCUT2D eigenvalue weighted by molar-refractivity contribution is 6.37. The third-order valence-corrected chi connectivity index (χ3v) is 11.8. The van der Waals surface area contributed by atoms with Gasteiger partial charge in [0.1, 0.15) is 12.1 Å². The fourth-order valence-corrected chi connectivity index (χ4v) is 9.22. The third kappa shape index (κ3) is 6.90. The maximum Gasteiger partial charge on any atom is 0.315 e. The number of nitrogens with one attached hydrogen (secondary N) is 3. The molecule has 1 aromatic rings. The molecule has 0 aromatic carbocycles. The number of nitrogens with zero attached hydrogens (tertiary/aromatic N) is 2. The van der Waals surface area contributed by atoms with Crippen molar-refractivity contribution in [1.82, 2.24) is 25.8 Å². The van der Waals surface area contributed by atoms with Gasteiger partial charge in [-0.25, -0.2) is 4.79 Å². The summed E-state index contributed by atoms with van der Waals surface area (Å²) in [6.07, 6.45) is 13.7. The van der Waals surface area contributed by atoms with Crippen molar-refractivity contribution in [2.45, 2.75) is 128 Å². The molecule has 1 spiro atoms. The van der Waals surface area contributed by atoms with Crippen molar-refractivity contribution < 1.29 is 24.0 Å². The number of aromatic nitrogens is 1. The summed E-state index contributed by atoms with van der Waals surface area (Å²) in [6, 6.07) is 2.76. The molecule has 4 saturated carbocycles. The first kappa shape index (κ1) is 33.4. The number of nitrogens with two attached hydrogens (primary N) is 1. The minimum Gasteiger partial charge on any atom is -0.363 e. The van der Waals surface area contributed by atoms with E-state index in [9.17, 15) is 24.0 Å².